The standard InChI is InChI=1S/C18H24N2O6S/c1-18(2,17(23)20(3)14-9-10-27(24,25)11-14)16(22)19-13-7-5-12(6-8-13)15(21)26-4/h5-8,14H,9-11H2,1-4H3,(H,19,22). The van der Waals surface area contributed by atoms with Gasteiger partial charge in [-0.25, -0.2) is 13.2 Å². The Hall–Kier alpha value is -2.42. The lowest BCUT2D eigenvalue weighted by molar-refractivity contribution is -0.146. The van der Waals surface area contributed by atoms with Crippen molar-refractivity contribution in [3.63, 3.8) is 0 Å². The lowest BCUT2D eigenvalue weighted by Gasteiger charge is -2.31. The van der Waals surface area contributed by atoms with Gasteiger partial charge in [-0.15, -0.1) is 0 Å². The number of carbonyl (C=O) groups is 3. The van der Waals surface area contributed by atoms with E-state index in [1.54, 1.807) is 0 Å². The molecule has 27 heavy (non-hydrogen) atoms. The molecule has 148 valence electrons. The molecule has 1 saturated heterocycles. The van der Waals surface area contributed by atoms with Gasteiger partial charge in [0.15, 0.2) is 9.84 Å². The van der Waals surface area contributed by atoms with Gasteiger partial charge in [-0.1, -0.05) is 0 Å². The van der Waals surface area contributed by atoms with Crippen LogP contribution in [0.3, 0.4) is 0 Å². The molecular formula is C18H24N2O6S. The quantitative estimate of drug-likeness (QED) is 0.589. The average Bonchev–Trinajstić information content (AvgIpc) is 3.00. The summed E-state index contributed by atoms with van der Waals surface area (Å²) in [7, 11) is -0.336. The third-order valence-electron chi connectivity index (χ3n) is 4.74. The fourth-order valence-corrected chi connectivity index (χ4v) is 4.65. The van der Waals surface area contributed by atoms with Crippen molar-refractivity contribution in [3.8, 4) is 0 Å². The van der Waals surface area contributed by atoms with Gasteiger partial charge in [0, 0.05) is 18.8 Å². The Morgan fingerprint density at radius 2 is 1.78 bits per heavy atom. The molecule has 2 amide bonds. The van der Waals surface area contributed by atoms with Crippen molar-refractivity contribution < 1.29 is 27.5 Å². The molecule has 9 heteroatoms. The lowest BCUT2D eigenvalue weighted by Crippen LogP contribution is -2.49. The SMILES string of the molecule is COC(=O)c1ccc(NC(=O)C(C)(C)C(=O)N(C)C2CCS(=O)(=O)C2)cc1. The molecule has 1 N–H and O–H groups in total. The summed E-state index contributed by atoms with van der Waals surface area (Å²) in [5, 5.41) is 2.65. The number of hydrogen-bond donors (Lipinski definition) is 1. The first-order valence-electron chi connectivity index (χ1n) is 8.45. The van der Waals surface area contributed by atoms with Gasteiger partial charge in [0.25, 0.3) is 0 Å². The van der Waals surface area contributed by atoms with E-state index in [-0.39, 0.29) is 11.5 Å². The Morgan fingerprint density at radius 3 is 2.26 bits per heavy atom. The minimum atomic E-state index is -3.13. The predicted molar refractivity (Wildman–Crippen MR) is 100 cm³/mol. The van der Waals surface area contributed by atoms with Crippen molar-refractivity contribution in [1.29, 1.82) is 0 Å². The highest BCUT2D eigenvalue weighted by atomic mass is 32.2. The third-order valence-corrected chi connectivity index (χ3v) is 6.49. The number of methoxy groups -OCH3 is 1. The molecule has 1 atom stereocenters. The van der Waals surface area contributed by atoms with Crippen molar-refractivity contribution in [2.24, 2.45) is 5.41 Å². The Balaban J connectivity index is 2.07. The molecular weight excluding hydrogens is 372 g/mol. The van der Waals surface area contributed by atoms with Crippen LogP contribution in [-0.4, -0.2) is 62.8 Å². The van der Waals surface area contributed by atoms with Gasteiger partial charge in [0.1, 0.15) is 5.41 Å². The molecule has 2 rings (SSSR count). The van der Waals surface area contributed by atoms with E-state index in [2.05, 4.69) is 10.1 Å². The zero-order valence-corrected chi connectivity index (χ0v) is 16.6. The molecule has 0 spiro atoms. The van der Waals surface area contributed by atoms with E-state index in [9.17, 15) is 22.8 Å². The van der Waals surface area contributed by atoms with Crippen molar-refractivity contribution in [1.82, 2.24) is 4.90 Å². The number of amides is 2. The van der Waals surface area contributed by atoms with Gasteiger partial charge in [-0.05, 0) is 44.5 Å². The smallest absolute Gasteiger partial charge is 0.337 e. The number of rotatable bonds is 5. The van der Waals surface area contributed by atoms with Crippen LogP contribution in [-0.2, 0) is 24.2 Å². The molecule has 0 radical (unpaired) electrons. The fraction of sp³-hybridized carbons (Fsp3) is 0.500. The second-order valence-corrected chi connectivity index (χ2v) is 9.35. The van der Waals surface area contributed by atoms with Gasteiger partial charge in [0.2, 0.25) is 11.8 Å². The number of nitrogens with one attached hydrogen (secondary N) is 1. The topological polar surface area (TPSA) is 110 Å². The molecule has 0 aliphatic carbocycles. The van der Waals surface area contributed by atoms with Gasteiger partial charge < -0.3 is 15.0 Å². The molecule has 1 aromatic carbocycles. The normalized spacial score (nSPS) is 18.6. The summed E-state index contributed by atoms with van der Waals surface area (Å²) in [6, 6.07) is 5.67. The number of nitrogens with zero attached hydrogens (tertiary/aromatic N) is 1. The van der Waals surface area contributed by atoms with Crippen LogP contribution in [0.1, 0.15) is 30.6 Å². The van der Waals surface area contributed by atoms with E-state index in [0.717, 1.165) is 0 Å². The average molecular weight is 396 g/mol. The van der Waals surface area contributed by atoms with E-state index in [4.69, 9.17) is 0 Å². The zero-order chi connectivity index (χ0) is 20.4. The Labute approximate surface area is 158 Å². The second kappa shape index (κ2) is 7.67. The Kier molecular flexibility index (Phi) is 5.94. The number of benzene rings is 1. The minimum Gasteiger partial charge on any atom is -0.465 e. The maximum atomic E-state index is 12.8. The van der Waals surface area contributed by atoms with E-state index < -0.39 is 39.1 Å². The number of ether oxygens (including phenoxy) is 1. The van der Waals surface area contributed by atoms with Crippen LogP contribution in [0.2, 0.25) is 0 Å². The van der Waals surface area contributed by atoms with Crippen LogP contribution in [0.5, 0.6) is 0 Å². The first-order valence-corrected chi connectivity index (χ1v) is 10.3. The minimum absolute atomic E-state index is 0.0501. The van der Waals surface area contributed by atoms with Gasteiger partial charge in [0.05, 0.1) is 24.2 Å². The first-order chi connectivity index (χ1) is 12.5. The van der Waals surface area contributed by atoms with Crippen molar-refractivity contribution >= 4 is 33.3 Å². The van der Waals surface area contributed by atoms with Crippen LogP contribution >= 0.6 is 0 Å². The summed E-state index contributed by atoms with van der Waals surface area (Å²) < 4.78 is 27.9. The lowest BCUT2D eigenvalue weighted by atomic mass is 9.89. The fourth-order valence-electron chi connectivity index (χ4n) is 2.88. The molecule has 1 heterocycles. The van der Waals surface area contributed by atoms with Crippen molar-refractivity contribution in [3.05, 3.63) is 29.8 Å². The molecule has 1 aromatic rings. The van der Waals surface area contributed by atoms with Gasteiger partial charge in [-0.2, -0.15) is 0 Å². The molecule has 1 aliphatic heterocycles. The van der Waals surface area contributed by atoms with Crippen LogP contribution in [0.4, 0.5) is 5.69 Å². The molecule has 0 bridgehead atoms. The maximum absolute atomic E-state index is 12.8. The van der Waals surface area contributed by atoms with E-state index in [1.807, 2.05) is 0 Å². The Morgan fingerprint density at radius 1 is 1.19 bits per heavy atom. The number of anilines is 1. The first kappa shape index (κ1) is 20.9. The molecule has 1 unspecified atom stereocenters. The summed E-state index contributed by atoms with van der Waals surface area (Å²) in [4.78, 5) is 38.2. The molecule has 8 nitrogen and oxygen atoms in total. The van der Waals surface area contributed by atoms with Crippen LogP contribution in [0.25, 0.3) is 0 Å². The summed E-state index contributed by atoms with van der Waals surface area (Å²) in [5.41, 5.74) is -0.616. The van der Waals surface area contributed by atoms with Crippen LogP contribution < -0.4 is 5.32 Å². The van der Waals surface area contributed by atoms with Crippen molar-refractivity contribution in [2.75, 3.05) is 31.0 Å². The van der Waals surface area contributed by atoms with Gasteiger partial charge >= 0.3 is 5.97 Å². The zero-order valence-electron chi connectivity index (χ0n) is 15.8. The maximum Gasteiger partial charge on any atom is 0.337 e. The summed E-state index contributed by atoms with van der Waals surface area (Å²) in [6.07, 6.45) is 0.372. The highest BCUT2D eigenvalue weighted by molar-refractivity contribution is 7.91. The molecule has 0 aromatic heterocycles. The third kappa shape index (κ3) is 4.65. The molecule has 0 saturated carbocycles. The number of hydrogen-bond acceptors (Lipinski definition) is 6. The van der Waals surface area contributed by atoms with Gasteiger partial charge in [-0.3, -0.25) is 9.59 Å². The van der Waals surface area contributed by atoms with Crippen LogP contribution in [0, 0.1) is 5.41 Å². The Bertz CT molecular complexity index is 845. The number of esters is 1. The summed E-state index contributed by atoms with van der Waals surface area (Å²) >= 11 is 0. The van der Waals surface area contributed by atoms with Crippen LogP contribution in [0.15, 0.2) is 24.3 Å². The van der Waals surface area contributed by atoms with E-state index in [0.29, 0.717) is 17.7 Å². The molecule has 1 aliphatic rings. The predicted octanol–water partition coefficient (Wildman–Crippen LogP) is 1.08. The highest BCUT2D eigenvalue weighted by Crippen LogP contribution is 2.25. The second-order valence-electron chi connectivity index (χ2n) is 7.12. The molecule has 1 fully saturated rings. The monoisotopic (exact) mass is 396 g/mol. The number of sulfone groups is 1. The summed E-state index contributed by atoms with van der Waals surface area (Å²) in [5.74, 6) is -1.49. The highest BCUT2D eigenvalue weighted by Gasteiger charge is 2.42. The van der Waals surface area contributed by atoms with E-state index >= 15 is 0 Å². The number of carbonyl (C=O) groups excluding carboxylic acids is 3. The summed E-state index contributed by atoms with van der Waals surface area (Å²) in [6.45, 7) is 2.99. The van der Waals surface area contributed by atoms with E-state index in [1.165, 1.54) is 57.2 Å². The van der Waals surface area contributed by atoms with Crippen molar-refractivity contribution in [2.45, 2.75) is 26.3 Å². The largest absolute Gasteiger partial charge is 0.465 e.